The van der Waals surface area contributed by atoms with Gasteiger partial charge in [0.05, 0.1) is 17.3 Å². The molecule has 5 nitrogen and oxygen atoms in total. The van der Waals surface area contributed by atoms with Gasteiger partial charge in [-0.3, -0.25) is 9.97 Å². The molecular formula is C20H16BrN5. The molecule has 128 valence electrons. The molecule has 1 atom stereocenters. The molecule has 0 saturated carbocycles. The molecule has 4 aromatic rings. The maximum Gasteiger partial charge on any atom is 0.163 e. The molecule has 6 heteroatoms. The Morgan fingerprint density at radius 3 is 2.69 bits per heavy atom. The van der Waals surface area contributed by atoms with Crippen molar-refractivity contribution in [2.45, 2.75) is 13.0 Å². The smallest absolute Gasteiger partial charge is 0.163 e. The molecule has 1 N–H and O–H groups in total. The number of hydrogen-bond donors (Lipinski definition) is 1. The van der Waals surface area contributed by atoms with Crippen LogP contribution in [0, 0.1) is 0 Å². The molecule has 0 fully saturated rings. The van der Waals surface area contributed by atoms with E-state index in [9.17, 15) is 0 Å². The van der Waals surface area contributed by atoms with Crippen molar-refractivity contribution in [2.24, 2.45) is 0 Å². The van der Waals surface area contributed by atoms with Gasteiger partial charge in [-0.1, -0.05) is 22.0 Å². The quantitative estimate of drug-likeness (QED) is 0.516. The highest BCUT2D eigenvalue weighted by atomic mass is 79.9. The van der Waals surface area contributed by atoms with Crippen molar-refractivity contribution in [2.75, 3.05) is 5.32 Å². The second kappa shape index (κ2) is 7.17. The fraction of sp³-hybridized carbons (Fsp3) is 0.100. The standard InChI is InChI=1S/C20H16BrN5/c1-13(17-6-2-3-10-23-17)24-20-16-8-7-15(21)11-18(16)25-19(26-20)14-5-4-9-22-12-14/h2-13H,1H3,(H,24,25,26). The van der Waals surface area contributed by atoms with Crippen molar-refractivity contribution >= 4 is 32.7 Å². The highest BCUT2D eigenvalue weighted by Gasteiger charge is 2.13. The summed E-state index contributed by atoms with van der Waals surface area (Å²) in [5.74, 6) is 1.42. The maximum absolute atomic E-state index is 4.76. The van der Waals surface area contributed by atoms with Crippen molar-refractivity contribution in [3.05, 3.63) is 77.3 Å². The number of pyridine rings is 2. The lowest BCUT2D eigenvalue weighted by atomic mass is 10.1. The van der Waals surface area contributed by atoms with Crippen molar-refractivity contribution < 1.29 is 0 Å². The van der Waals surface area contributed by atoms with Crippen molar-refractivity contribution in [3.8, 4) is 11.4 Å². The Kier molecular flexibility index (Phi) is 4.58. The molecule has 0 aliphatic heterocycles. The minimum Gasteiger partial charge on any atom is -0.361 e. The Labute approximate surface area is 159 Å². The maximum atomic E-state index is 4.76. The van der Waals surface area contributed by atoms with Crippen LogP contribution in [0.15, 0.2) is 71.6 Å². The molecule has 0 bridgehead atoms. The monoisotopic (exact) mass is 405 g/mol. The van der Waals surface area contributed by atoms with Gasteiger partial charge in [0, 0.05) is 34.0 Å². The molecule has 1 unspecified atom stereocenters. The van der Waals surface area contributed by atoms with Gasteiger partial charge in [0.25, 0.3) is 0 Å². The number of fused-ring (bicyclic) bond motifs is 1. The molecule has 3 aromatic heterocycles. The van der Waals surface area contributed by atoms with E-state index in [0.29, 0.717) is 5.82 Å². The SMILES string of the molecule is CC(Nc1nc(-c2cccnc2)nc2cc(Br)ccc12)c1ccccn1. The fourth-order valence-corrected chi connectivity index (χ4v) is 3.10. The summed E-state index contributed by atoms with van der Waals surface area (Å²) in [7, 11) is 0. The summed E-state index contributed by atoms with van der Waals surface area (Å²) >= 11 is 3.52. The molecule has 0 aliphatic rings. The molecule has 0 amide bonds. The predicted molar refractivity (Wildman–Crippen MR) is 107 cm³/mol. The summed E-state index contributed by atoms with van der Waals surface area (Å²) in [6.45, 7) is 2.07. The van der Waals surface area contributed by atoms with E-state index in [2.05, 4.69) is 38.1 Å². The number of hydrogen-bond acceptors (Lipinski definition) is 5. The van der Waals surface area contributed by atoms with E-state index in [1.54, 1.807) is 18.6 Å². The summed E-state index contributed by atoms with van der Waals surface area (Å²) in [6, 6.07) is 15.7. The number of rotatable bonds is 4. The zero-order valence-electron chi connectivity index (χ0n) is 14.1. The lowest BCUT2D eigenvalue weighted by Crippen LogP contribution is -2.10. The molecule has 4 rings (SSSR count). The largest absolute Gasteiger partial charge is 0.361 e. The third-order valence-corrected chi connectivity index (χ3v) is 4.56. The van der Waals surface area contributed by atoms with Crippen LogP contribution in [0.5, 0.6) is 0 Å². The van der Waals surface area contributed by atoms with Gasteiger partial charge in [-0.25, -0.2) is 9.97 Å². The van der Waals surface area contributed by atoms with E-state index in [-0.39, 0.29) is 6.04 Å². The first-order valence-electron chi connectivity index (χ1n) is 8.26. The van der Waals surface area contributed by atoms with Crippen molar-refractivity contribution in [1.29, 1.82) is 0 Å². The first kappa shape index (κ1) is 16.6. The third-order valence-electron chi connectivity index (χ3n) is 4.06. The molecule has 0 spiro atoms. The van der Waals surface area contributed by atoms with Crippen LogP contribution >= 0.6 is 15.9 Å². The van der Waals surface area contributed by atoms with E-state index in [1.807, 2.05) is 48.5 Å². The number of halogens is 1. The van der Waals surface area contributed by atoms with Crippen LogP contribution in [0.1, 0.15) is 18.7 Å². The van der Waals surface area contributed by atoms with Gasteiger partial charge in [-0.05, 0) is 49.4 Å². The average molecular weight is 406 g/mol. The highest BCUT2D eigenvalue weighted by molar-refractivity contribution is 9.10. The van der Waals surface area contributed by atoms with E-state index in [1.165, 1.54) is 0 Å². The second-order valence-electron chi connectivity index (χ2n) is 5.92. The van der Waals surface area contributed by atoms with Gasteiger partial charge in [-0.2, -0.15) is 0 Å². The van der Waals surface area contributed by atoms with Gasteiger partial charge in [-0.15, -0.1) is 0 Å². The number of nitrogens with one attached hydrogen (secondary N) is 1. The van der Waals surface area contributed by atoms with Crippen LogP contribution in [0.2, 0.25) is 0 Å². The average Bonchev–Trinajstić information content (AvgIpc) is 2.69. The molecule has 26 heavy (non-hydrogen) atoms. The summed E-state index contributed by atoms with van der Waals surface area (Å²) in [6.07, 6.45) is 5.30. The fourth-order valence-electron chi connectivity index (χ4n) is 2.75. The van der Waals surface area contributed by atoms with Crippen LogP contribution in [-0.4, -0.2) is 19.9 Å². The molecule has 1 aromatic carbocycles. The number of benzene rings is 1. The summed E-state index contributed by atoms with van der Waals surface area (Å²) in [5.41, 5.74) is 2.70. The van der Waals surface area contributed by atoms with Gasteiger partial charge in [0.1, 0.15) is 5.82 Å². The van der Waals surface area contributed by atoms with E-state index >= 15 is 0 Å². The summed E-state index contributed by atoms with van der Waals surface area (Å²) < 4.78 is 0.976. The highest BCUT2D eigenvalue weighted by Crippen LogP contribution is 2.29. The molecule has 3 heterocycles. The summed E-state index contributed by atoms with van der Waals surface area (Å²) in [5, 5.41) is 4.44. The van der Waals surface area contributed by atoms with Gasteiger partial charge < -0.3 is 5.32 Å². The normalized spacial score (nSPS) is 12.1. The van der Waals surface area contributed by atoms with Gasteiger partial charge in [0.15, 0.2) is 5.82 Å². The van der Waals surface area contributed by atoms with Gasteiger partial charge >= 0.3 is 0 Å². The Bertz CT molecular complexity index is 1040. The van der Waals surface area contributed by atoms with Crippen LogP contribution in [0.3, 0.4) is 0 Å². The lowest BCUT2D eigenvalue weighted by Gasteiger charge is -2.16. The number of aromatic nitrogens is 4. The molecule has 0 aliphatic carbocycles. The molecule has 0 saturated heterocycles. The zero-order chi connectivity index (χ0) is 17.9. The Morgan fingerprint density at radius 1 is 1.00 bits per heavy atom. The lowest BCUT2D eigenvalue weighted by molar-refractivity contribution is 0.833. The van der Waals surface area contributed by atoms with Crippen LogP contribution in [0.25, 0.3) is 22.3 Å². The number of anilines is 1. The Morgan fingerprint density at radius 2 is 1.92 bits per heavy atom. The van der Waals surface area contributed by atoms with Crippen molar-refractivity contribution in [1.82, 2.24) is 19.9 Å². The predicted octanol–water partition coefficient (Wildman–Crippen LogP) is 5.02. The summed E-state index contributed by atoms with van der Waals surface area (Å²) in [4.78, 5) is 18.1. The number of nitrogens with zero attached hydrogens (tertiary/aromatic N) is 4. The van der Waals surface area contributed by atoms with Crippen LogP contribution < -0.4 is 5.32 Å². The first-order valence-corrected chi connectivity index (χ1v) is 9.05. The van der Waals surface area contributed by atoms with Crippen LogP contribution in [0.4, 0.5) is 5.82 Å². The molecular weight excluding hydrogens is 390 g/mol. The zero-order valence-corrected chi connectivity index (χ0v) is 15.7. The Hall–Kier alpha value is -2.86. The van der Waals surface area contributed by atoms with E-state index < -0.39 is 0 Å². The van der Waals surface area contributed by atoms with E-state index in [0.717, 1.165) is 32.5 Å². The van der Waals surface area contributed by atoms with Crippen molar-refractivity contribution in [3.63, 3.8) is 0 Å². The minimum atomic E-state index is 0.0136. The van der Waals surface area contributed by atoms with Gasteiger partial charge in [0.2, 0.25) is 0 Å². The Balaban J connectivity index is 1.81. The van der Waals surface area contributed by atoms with E-state index in [4.69, 9.17) is 9.97 Å². The molecule has 0 radical (unpaired) electrons. The minimum absolute atomic E-state index is 0.0136. The second-order valence-corrected chi connectivity index (χ2v) is 6.84. The third kappa shape index (κ3) is 3.41. The first-order chi connectivity index (χ1) is 12.7. The van der Waals surface area contributed by atoms with Crippen LogP contribution in [-0.2, 0) is 0 Å². The topological polar surface area (TPSA) is 63.6 Å².